The number of rotatable bonds is 4. The van der Waals surface area contributed by atoms with Gasteiger partial charge in [0.1, 0.15) is 0 Å². The zero-order valence-corrected chi connectivity index (χ0v) is 12.6. The first-order valence-corrected chi connectivity index (χ1v) is 7.20. The molecule has 0 heterocycles. The summed E-state index contributed by atoms with van der Waals surface area (Å²) in [5.74, 6) is 0.00206. The summed E-state index contributed by atoms with van der Waals surface area (Å²) in [4.78, 5) is 26.2. The molecule has 21 heavy (non-hydrogen) atoms. The van der Waals surface area contributed by atoms with Gasteiger partial charge in [0.25, 0.3) is 0 Å². The second kappa shape index (κ2) is 4.33. The van der Waals surface area contributed by atoms with E-state index in [1.165, 1.54) is 14.2 Å². The number of ketones is 2. The van der Waals surface area contributed by atoms with Gasteiger partial charge in [0.05, 0.1) is 25.0 Å². The second-order valence-corrected chi connectivity index (χ2v) is 6.22. The molecule has 3 aliphatic carbocycles. The first kappa shape index (κ1) is 14.1. The van der Waals surface area contributed by atoms with Gasteiger partial charge >= 0.3 is 0 Å². The zero-order chi connectivity index (χ0) is 15.4. The number of carbonyl (C=O) groups excluding carboxylic acids is 2. The van der Waals surface area contributed by atoms with Crippen LogP contribution in [0.5, 0.6) is 0 Å². The Bertz CT molecular complexity index is 600. The van der Waals surface area contributed by atoms with E-state index >= 15 is 0 Å². The van der Waals surface area contributed by atoms with Crippen molar-refractivity contribution in [2.45, 2.75) is 19.8 Å². The van der Waals surface area contributed by atoms with Gasteiger partial charge in [-0.15, -0.1) is 6.58 Å². The van der Waals surface area contributed by atoms with E-state index in [1.54, 1.807) is 6.08 Å². The molecule has 0 aromatic carbocycles. The molecule has 0 aromatic rings. The molecule has 0 N–H and O–H groups in total. The van der Waals surface area contributed by atoms with E-state index in [2.05, 4.69) is 18.7 Å². The summed E-state index contributed by atoms with van der Waals surface area (Å²) >= 11 is 0. The van der Waals surface area contributed by atoms with Crippen LogP contribution in [0.2, 0.25) is 0 Å². The van der Waals surface area contributed by atoms with Crippen LogP contribution in [0.1, 0.15) is 19.8 Å². The lowest BCUT2D eigenvalue weighted by Gasteiger charge is -2.49. The van der Waals surface area contributed by atoms with E-state index in [-0.39, 0.29) is 34.9 Å². The highest BCUT2D eigenvalue weighted by molar-refractivity contribution is 6.16. The van der Waals surface area contributed by atoms with Crippen molar-refractivity contribution in [3.05, 3.63) is 36.3 Å². The Balaban J connectivity index is 2.30. The van der Waals surface area contributed by atoms with Crippen molar-refractivity contribution in [2.75, 3.05) is 14.2 Å². The van der Waals surface area contributed by atoms with E-state index in [9.17, 15) is 9.59 Å². The summed E-state index contributed by atoms with van der Waals surface area (Å²) in [7, 11) is 2.82. The molecule has 0 radical (unpaired) electrons. The molecule has 112 valence electrons. The average Bonchev–Trinajstić information content (AvgIpc) is 3.04. The molecule has 4 atom stereocenters. The fourth-order valence-corrected chi connectivity index (χ4v) is 4.68. The van der Waals surface area contributed by atoms with Gasteiger partial charge in [0.15, 0.2) is 0 Å². The van der Waals surface area contributed by atoms with Crippen LogP contribution in [0, 0.1) is 22.7 Å². The molecule has 4 unspecified atom stereocenters. The van der Waals surface area contributed by atoms with Crippen LogP contribution in [-0.4, -0.2) is 25.8 Å². The third kappa shape index (κ3) is 1.31. The summed E-state index contributed by atoms with van der Waals surface area (Å²) in [5, 5.41) is 0. The molecule has 0 saturated heterocycles. The van der Waals surface area contributed by atoms with Gasteiger partial charge < -0.3 is 9.47 Å². The van der Waals surface area contributed by atoms with Gasteiger partial charge in [-0.3, -0.25) is 9.59 Å². The average molecular weight is 288 g/mol. The Morgan fingerprint density at radius 1 is 1.19 bits per heavy atom. The highest BCUT2D eigenvalue weighted by Gasteiger charge is 2.73. The minimum Gasteiger partial charge on any atom is -0.490 e. The topological polar surface area (TPSA) is 52.6 Å². The molecule has 2 bridgehead atoms. The number of Topliss-reactive ketones (excluding diaryl/α,β-unsaturated/α-hetero) is 2. The molecule has 3 rings (SSSR count). The fourth-order valence-electron chi connectivity index (χ4n) is 4.68. The number of hydrogen-bond acceptors (Lipinski definition) is 4. The quantitative estimate of drug-likeness (QED) is 0.745. The zero-order valence-electron chi connectivity index (χ0n) is 12.6. The van der Waals surface area contributed by atoms with Crippen molar-refractivity contribution in [1.82, 2.24) is 0 Å². The molecule has 0 amide bonds. The largest absolute Gasteiger partial charge is 0.490 e. The molecule has 1 saturated carbocycles. The summed E-state index contributed by atoms with van der Waals surface area (Å²) in [6, 6.07) is 0. The maximum Gasteiger partial charge on any atom is 0.209 e. The Labute approximate surface area is 124 Å². The lowest BCUT2D eigenvalue weighted by molar-refractivity contribution is -0.153. The van der Waals surface area contributed by atoms with Crippen LogP contribution in [0.4, 0.5) is 0 Å². The second-order valence-electron chi connectivity index (χ2n) is 6.22. The monoisotopic (exact) mass is 288 g/mol. The van der Waals surface area contributed by atoms with E-state index < -0.39 is 10.8 Å². The molecular formula is C17H20O4. The highest BCUT2D eigenvalue weighted by atomic mass is 16.5. The lowest BCUT2D eigenvalue weighted by atomic mass is 9.51. The van der Waals surface area contributed by atoms with Crippen LogP contribution in [0.25, 0.3) is 0 Å². The number of allylic oxidation sites excluding steroid dienone is 5. The van der Waals surface area contributed by atoms with Crippen LogP contribution in [-0.2, 0) is 19.1 Å². The number of methoxy groups -OCH3 is 2. The van der Waals surface area contributed by atoms with Crippen LogP contribution in [0.15, 0.2) is 36.3 Å². The van der Waals surface area contributed by atoms with E-state index in [0.717, 1.165) is 6.42 Å². The number of carbonyl (C=O) groups is 2. The predicted octanol–water partition coefficient (Wildman–Crippen LogP) is 2.42. The van der Waals surface area contributed by atoms with Crippen molar-refractivity contribution < 1.29 is 19.1 Å². The minimum atomic E-state index is -0.779. The fraction of sp³-hybridized carbons (Fsp3) is 0.529. The normalized spacial score (nSPS) is 40.5. The van der Waals surface area contributed by atoms with Crippen molar-refractivity contribution in [3.63, 3.8) is 0 Å². The first-order chi connectivity index (χ1) is 9.98. The minimum absolute atomic E-state index is 0.0581. The molecule has 0 spiro atoms. The molecule has 3 aliphatic rings. The van der Waals surface area contributed by atoms with Crippen molar-refractivity contribution in [3.8, 4) is 0 Å². The Morgan fingerprint density at radius 3 is 2.33 bits per heavy atom. The smallest absolute Gasteiger partial charge is 0.209 e. The summed E-state index contributed by atoms with van der Waals surface area (Å²) in [5.41, 5.74) is -1.55. The van der Waals surface area contributed by atoms with Gasteiger partial charge in [0.2, 0.25) is 23.1 Å². The lowest BCUT2D eigenvalue weighted by Crippen LogP contribution is -2.57. The maximum absolute atomic E-state index is 13.2. The molecule has 0 aromatic heterocycles. The summed E-state index contributed by atoms with van der Waals surface area (Å²) in [6.07, 6.45) is 7.19. The Kier molecular flexibility index (Phi) is 2.91. The van der Waals surface area contributed by atoms with Gasteiger partial charge in [0, 0.05) is 0 Å². The molecule has 4 nitrogen and oxygen atoms in total. The molecule has 0 aliphatic heterocycles. The third-order valence-electron chi connectivity index (χ3n) is 5.76. The first-order valence-electron chi connectivity index (χ1n) is 7.20. The third-order valence-corrected chi connectivity index (χ3v) is 5.76. The van der Waals surface area contributed by atoms with E-state index in [4.69, 9.17) is 9.47 Å². The molecule has 1 fully saturated rings. The van der Waals surface area contributed by atoms with Crippen LogP contribution >= 0.6 is 0 Å². The highest BCUT2D eigenvalue weighted by Crippen LogP contribution is 2.68. The van der Waals surface area contributed by atoms with E-state index in [1.807, 2.05) is 6.92 Å². The van der Waals surface area contributed by atoms with Gasteiger partial charge in [-0.1, -0.05) is 25.2 Å². The van der Waals surface area contributed by atoms with E-state index in [0.29, 0.717) is 6.42 Å². The van der Waals surface area contributed by atoms with Crippen molar-refractivity contribution >= 4 is 11.6 Å². The van der Waals surface area contributed by atoms with Crippen LogP contribution in [0.3, 0.4) is 0 Å². The standard InChI is InChI=1S/C17H20O4/c1-5-8-17-11-7-6-10(9-11)16(17,2)14(18)12(20-3)13(21-4)15(17)19/h5-7,10-11H,1,8-9H2,2-4H3. The SMILES string of the molecule is C=CCC12C(=O)C(OC)=C(OC)C(=O)C1(C)C1C=CC2C1. The number of ether oxygens (including phenoxy) is 2. The maximum atomic E-state index is 13.2. The van der Waals surface area contributed by atoms with Crippen molar-refractivity contribution in [1.29, 1.82) is 0 Å². The predicted molar refractivity (Wildman–Crippen MR) is 77.1 cm³/mol. The summed E-state index contributed by atoms with van der Waals surface area (Å²) < 4.78 is 10.5. The van der Waals surface area contributed by atoms with Gasteiger partial charge in [-0.05, 0) is 24.7 Å². The number of hydrogen-bond donors (Lipinski definition) is 0. The Morgan fingerprint density at radius 2 is 1.76 bits per heavy atom. The molecule has 4 heteroatoms. The van der Waals surface area contributed by atoms with Gasteiger partial charge in [-0.25, -0.2) is 0 Å². The van der Waals surface area contributed by atoms with Crippen LogP contribution < -0.4 is 0 Å². The summed E-state index contributed by atoms with van der Waals surface area (Å²) in [6.45, 7) is 5.70. The Hall–Kier alpha value is -1.84. The molecular weight excluding hydrogens is 268 g/mol. The van der Waals surface area contributed by atoms with Gasteiger partial charge in [-0.2, -0.15) is 0 Å². The van der Waals surface area contributed by atoms with Crippen molar-refractivity contribution in [2.24, 2.45) is 22.7 Å². The number of fused-ring (bicyclic) bond motifs is 5.